The van der Waals surface area contributed by atoms with Gasteiger partial charge in [0, 0.05) is 13.1 Å². The number of amides is 2. The van der Waals surface area contributed by atoms with E-state index in [0.29, 0.717) is 24.6 Å². The van der Waals surface area contributed by atoms with Crippen molar-refractivity contribution < 1.29 is 14.3 Å². The van der Waals surface area contributed by atoms with E-state index < -0.39 is 6.09 Å². The Morgan fingerprint density at radius 2 is 2.04 bits per heavy atom. The summed E-state index contributed by atoms with van der Waals surface area (Å²) in [5.74, 6) is 1.07. The summed E-state index contributed by atoms with van der Waals surface area (Å²) in [5, 5.41) is 2.66. The van der Waals surface area contributed by atoms with Gasteiger partial charge in [-0.25, -0.2) is 4.79 Å². The van der Waals surface area contributed by atoms with Gasteiger partial charge in [0.15, 0.2) is 0 Å². The molecular weight excluding hydrogens is 360 g/mol. The minimum absolute atomic E-state index is 0.0793. The fourth-order valence-corrected chi connectivity index (χ4v) is 4.10. The van der Waals surface area contributed by atoms with E-state index in [1.165, 1.54) is 0 Å². The van der Waals surface area contributed by atoms with Crippen molar-refractivity contribution in [3.8, 4) is 5.75 Å². The maximum atomic E-state index is 12.4. The van der Waals surface area contributed by atoms with E-state index in [1.54, 1.807) is 17.8 Å². The van der Waals surface area contributed by atoms with Crippen molar-refractivity contribution in [2.45, 2.75) is 31.7 Å². The molecule has 0 aliphatic carbocycles. The van der Waals surface area contributed by atoms with E-state index in [2.05, 4.69) is 12.2 Å². The van der Waals surface area contributed by atoms with Crippen LogP contribution in [0.25, 0.3) is 0 Å². The second-order valence-corrected chi connectivity index (χ2v) is 7.48. The summed E-state index contributed by atoms with van der Waals surface area (Å²) < 4.78 is 5.38. The van der Waals surface area contributed by atoms with Gasteiger partial charge in [0.05, 0.1) is 5.75 Å². The lowest BCUT2D eigenvalue weighted by atomic mass is 10.1. The highest BCUT2D eigenvalue weighted by molar-refractivity contribution is 8.00. The third-order valence-electron chi connectivity index (χ3n) is 4.32. The fourth-order valence-electron chi connectivity index (χ4n) is 2.92. The molecule has 1 aliphatic heterocycles. The number of hydrogen-bond acceptors (Lipinski definition) is 4. The number of benzene rings is 2. The molecule has 0 radical (unpaired) electrons. The number of rotatable bonds is 7. The zero-order valence-electron chi connectivity index (χ0n) is 15.4. The highest BCUT2D eigenvalue weighted by atomic mass is 32.2. The summed E-state index contributed by atoms with van der Waals surface area (Å²) in [6.45, 7) is 3.24. The summed E-state index contributed by atoms with van der Waals surface area (Å²) in [7, 11) is 0. The second kappa shape index (κ2) is 9.46. The van der Waals surface area contributed by atoms with Crippen LogP contribution in [0.4, 0.5) is 4.79 Å². The van der Waals surface area contributed by atoms with Gasteiger partial charge in [-0.1, -0.05) is 55.8 Å². The Bertz CT molecular complexity index is 782. The van der Waals surface area contributed by atoms with Gasteiger partial charge in [-0.3, -0.25) is 4.79 Å². The van der Waals surface area contributed by atoms with Gasteiger partial charge in [0.2, 0.25) is 5.91 Å². The summed E-state index contributed by atoms with van der Waals surface area (Å²) in [4.78, 5) is 26.1. The van der Waals surface area contributed by atoms with Gasteiger partial charge >= 0.3 is 6.09 Å². The molecule has 27 heavy (non-hydrogen) atoms. The molecule has 1 saturated heterocycles. The average Bonchev–Trinajstić information content (AvgIpc) is 3.03. The number of hydrogen-bond donors (Lipinski definition) is 1. The Labute approximate surface area is 164 Å². The maximum absolute atomic E-state index is 12.4. The first-order valence-corrected chi connectivity index (χ1v) is 10.2. The Kier molecular flexibility index (Phi) is 6.76. The summed E-state index contributed by atoms with van der Waals surface area (Å²) >= 11 is 1.60. The van der Waals surface area contributed by atoms with Crippen LogP contribution >= 0.6 is 11.8 Å². The Morgan fingerprint density at radius 3 is 2.81 bits per heavy atom. The van der Waals surface area contributed by atoms with Gasteiger partial charge in [-0.2, -0.15) is 0 Å². The summed E-state index contributed by atoms with van der Waals surface area (Å²) in [5.41, 5.74) is 2.06. The predicted octanol–water partition coefficient (Wildman–Crippen LogP) is 4.35. The molecule has 0 saturated carbocycles. The van der Waals surface area contributed by atoms with E-state index in [-0.39, 0.29) is 11.3 Å². The van der Waals surface area contributed by atoms with Crippen LogP contribution in [0.2, 0.25) is 0 Å². The molecule has 1 fully saturated rings. The lowest BCUT2D eigenvalue weighted by Gasteiger charge is -2.24. The SMILES string of the molecule is CCCCNC(=O)Oc1cccc([C@@H]2SCC(=O)N2Cc2ccccc2)c1. The van der Waals surface area contributed by atoms with E-state index in [0.717, 1.165) is 24.0 Å². The number of nitrogens with one attached hydrogen (secondary N) is 1. The van der Waals surface area contributed by atoms with E-state index >= 15 is 0 Å². The third kappa shape index (κ3) is 5.26. The van der Waals surface area contributed by atoms with E-state index in [4.69, 9.17) is 4.74 Å². The molecule has 0 bridgehead atoms. The van der Waals surface area contributed by atoms with Gasteiger partial charge in [-0.15, -0.1) is 11.8 Å². The quantitative estimate of drug-likeness (QED) is 0.721. The van der Waals surface area contributed by atoms with Gasteiger partial charge in [0.25, 0.3) is 0 Å². The number of ether oxygens (including phenoxy) is 1. The standard InChI is InChI=1S/C21H24N2O3S/c1-2-3-12-22-21(25)26-18-11-7-10-17(13-18)20-23(19(24)15-27-20)14-16-8-5-4-6-9-16/h4-11,13,20H,2-3,12,14-15H2,1H3,(H,22,25)/t20-/m0/s1. The van der Waals surface area contributed by atoms with Crippen LogP contribution < -0.4 is 10.1 Å². The molecule has 1 aliphatic rings. The van der Waals surface area contributed by atoms with Crippen molar-refractivity contribution >= 4 is 23.8 Å². The molecule has 1 N–H and O–H groups in total. The molecule has 1 atom stereocenters. The molecular formula is C21H24N2O3S. The molecule has 2 amide bonds. The Morgan fingerprint density at radius 1 is 1.22 bits per heavy atom. The minimum atomic E-state index is -0.447. The van der Waals surface area contributed by atoms with Crippen LogP contribution in [-0.2, 0) is 11.3 Å². The largest absolute Gasteiger partial charge is 0.412 e. The zero-order chi connectivity index (χ0) is 19.1. The normalized spacial score (nSPS) is 16.4. The maximum Gasteiger partial charge on any atom is 0.412 e. The number of unbranched alkanes of at least 4 members (excludes halogenated alkanes) is 1. The van der Waals surface area contributed by atoms with Crippen LogP contribution in [0, 0.1) is 0 Å². The van der Waals surface area contributed by atoms with Crippen LogP contribution in [0.5, 0.6) is 5.75 Å². The first kappa shape index (κ1) is 19.3. The van der Waals surface area contributed by atoms with Gasteiger partial charge in [-0.05, 0) is 29.7 Å². The summed E-state index contributed by atoms with van der Waals surface area (Å²) in [6.07, 6.45) is 1.49. The molecule has 1 heterocycles. The highest BCUT2D eigenvalue weighted by Gasteiger charge is 2.33. The van der Waals surface area contributed by atoms with Crippen LogP contribution in [-0.4, -0.2) is 29.2 Å². The van der Waals surface area contributed by atoms with Crippen molar-refractivity contribution in [2.24, 2.45) is 0 Å². The third-order valence-corrected chi connectivity index (χ3v) is 5.57. The van der Waals surface area contributed by atoms with Crippen molar-refractivity contribution in [3.63, 3.8) is 0 Å². The molecule has 142 valence electrons. The number of carbonyl (C=O) groups excluding carboxylic acids is 2. The molecule has 2 aromatic carbocycles. The predicted molar refractivity (Wildman–Crippen MR) is 108 cm³/mol. The Hall–Kier alpha value is -2.47. The number of carbonyl (C=O) groups is 2. The van der Waals surface area contributed by atoms with Gasteiger partial charge in [0.1, 0.15) is 11.1 Å². The Balaban J connectivity index is 1.69. The van der Waals surface area contributed by atoms with E-state index in [1.807, 2.05) is 53.4 Å². The first-order valence-electron chi connectivity index (χ1n) is 9.18. The minimum Gasteiger partial charge on any atom is -0.410 e. The van der Waals surface area contributed by atoms with Crippen molar-refractivity contribution in [2.75, 3.05) is 12.3 Å². The lowest BCUT2D eigenvalue weighted by Crippen LogP contribution is -2.28. The molecule has 0 spiro atoms. The van der Waals surface area contributed by atoms with Crippen LogP contribution in [0.1, 0.15) is 36.3 Å². The number of thioether (sulfide) groups is 1. The molecule has 0 aromatic heterocycles. The lowest BCUT2D eigenvalue weighted by molar-refractivity contribution is -0.128. The van der Waals surface area contributed by atoms with Crippen LogP contribution in [0.3, 0.4) is 0 Å². The number of nitrogens with zero attached hydrogens (tertiary/aromatic N) is 1. The first-order chi connectivity index (χ1) is 13.2. The van der Waals surface area contributed by atoms with E-state index in [9.17, 15) is 9.59 Å². The molecule has 0 unspecified atom stereocenters. The zero-order valence-corrected chi connectivity index (χ0v) is 16.2. The molecule has 5 nitrogen and oxygen atoms in total. The highest BCUT2D eigenvalue weighted by Crippen LogP contribution is 2.40. The molecule has 6 heteroatoms. The topological polar surface area (TPSA) is 58.6 Å². The monoisotopic (exact) mass is 384 g/mol. The average molecular weight is 385 g/mol. The van der Waals surface area contributed by atoms with Crippen molar-refractivity contribution in [1.82, 2.24) is 10.2 Å². The van der Waals surface area contributed by atoms with Crippen LogP contribution in [0.15, 0.2) is 54.6 Å². The summed E-state index contributed by atoms with van der Waals surface area (Å²) in [6, 6.07) is 17.4. The smallest absolute Gasteiger partial charge is 0.410 e. The fraction of sp³-hybridized carbons (Fsp3) is 0.333. The molecule has 3 rings (SSSR count). The van der Waals surface area contributed by atoms with Crippen molar-refractivity contribution in [3.05, 3.63) is 65.7 Å². The van der Waals surface area contributed by atoms with Crippen molar-refractivity contribution in [1.29, 1.82) is 0 Å². The second-order valence-electron chi connectivity index (χ2n) is 6.41. The van der Waals surface area contributed by atoms with Gasteiger partial charge < -0.3 is 15.0 Å². The molecule has 2 aromatic rings.